The summed E-state index contributed by atoms with van der Waals surface area (Å²) in [5, 5.41) is 0.423. The summed E-state index contributed by atoms with van der Waals surface area (Å²) < 4.78 is 46.4. The van der Waals surface area contributed by atoms with Gasteiger partial charge in [-0.2, -0.15) is 13.2 Å². The first-order valence-electron chi connectivity index (χ1n) is 13.8. The fraction of sp³-hybridized carbons (Fsp3) is 0.212. The van der Waals surface area contributed by atoms with Crippen molar-refractivity contribution in [3.05, 3.63) is 130 Å². The number of aromatic nitrogens is 3. The van der Waals surface area contributed by atoms with Gasteiger partial charge < -0.3 is 9.64 Å². The van der Waals surface area contributed by atoms with Crippen LogP contribution in [0, 0.1) is 0 Å². The average Bonchev–Trinajstić information content (AvgIpc) is 3.00. The van der Waals surface area contributed by atoms with E-state index in [1.807, 2.05) is 25.1 Å². The zero-order valence-corrected chi connectivity index (χ0v) is 23.6. The first kappa shape index (κ1) is 29.5. The van der Waals surface area contributed by atoms with E-state index in [0.29, 0.717) is 40.3 Å². The second kappa shape index (κ2) is 12.5. The maximum atomic E-state index is 13.9. The monoisotopic (exact) mass is 587 g/mol. The van der Waals surface area contributed by atoms with Crippen LogP contribution in [0.3, 0.4) is 0 Å². The predicted octanol–water partition coefficient (Wildman–Crippen LogP) is 5.95. The normalized spacial score (nSPS) is 12.2. The molecule has 7 nitrogen and oxygen atoms in total. The minimum absolute atomic E-state index is 0.143. The van der Waals surface area contributed by atoms with Gasteiger partial charge in [0.25, 0.3) is 5.56 Å². The molecule has 5 rings (SSSR count). The molecule has 0 fully saturated rings. The zero-order chi connectivity index (χ0) is 30.6. The van der Waals surface area contributed by atoms with Crippen LogP contribution in [-0.2, 0) is 23.9 Å². The molecule has 2 heterocycles. The van der Waals surface area contributed by atoms with E-state index in [9.17, 15) is 22.8 Å². The van der Waals surface area contributed by atoms with E-state index in [4.69, 9.17) is 9.72 Å². The SMILES string of the molecule is CCOc1ccc(-n2c(C(C)N(Cc3cccc[nH+]3)C(=O)Cc3ccc(C(F)(F)F)cc3)nc3ccccc3c2=O)cc1. The van der Waals surface area contributed by atoms with Gasteiger partial charge in [0.05, 0.1) is 41.2 Å². The Hall–Kier alpha value is -4.99. The van der Waals surface area contributed by atoms with Gasteiger partial charge in [0.1, 0.15) is 18.1 Å². The maximum Gasteiger partial charge on any atom is 0.416 e. The van der Waals surface area contributed by atoms with Crippen molar-refractivity contribution in [2.45, 2.75) is 39.0 Å². The largest absolute Gasteiger partial charge is 0.494 e. The summed E-state index contributed by atoms with van der Waals surface area (Å²) >= 11 is 0. The van der Waals surface area contributed by atoms with Crippen molar-refractivity contribution in [2.75, 3.05) is 6.61 Å². The third-order valence-electron chi connectivity index (χ3n) is 7.12. The van der Waals surface area contributed by atoms with E-state index in [0.717, 1.165) is 17.8 Å². The van der Waals surface area contributed by atoms with Crippen LogP contribution in [0.1, 0.15) is 42.5 Å². The van der Waals surface area contributed by atoms with E-state index in [1.54, 1.807) is 66.6 Å². The summed E-state index contributed by atoms with van der Waals surface area (Å²) in [6.07, 6.45) is -2.88. The molecule has 5 aromatic rings. The van der Waals surface area contributed by atoms with Crippen LogP contribution < -0.4 is 15.3 Å². The molecule has 1 amide bonds. The third kappa shape index (κ3) is 6.58. The Balaban J connectivity index is 1.59. The molecule has 2 aromatic heterocycles. The maximum absolute atomic E-state index is 13.9. The number of benzene rings is 3. The highest BCUT2D eigenvalue weighted by Gasteiger charge is 2.31. The van der Waals surface area contributed by atoms with Gasteiger partial charge >= 0.3 is 6.18 Å². The second-order valence-corrected chi connectivity index (χ2v) is 10.0. The van der Waals surface area contributed by atoms with Gasteiger partial charge in [-0.3, -0.25) is 14.2 Å². The van der Waals surface area contributed by atoms with E-state index >= 15 is 0 Å². The van der Waals surface area contributed by atoms with Gasteiger partial charge in [-0.15, -0.1) is 0 Å². The fourth-order valence-electron chi connectivity index (χ4n) is 4.92. The van der Waals surface area contributed by atoms with Crippen molar-refractivity contribution in [2.24, 2.45) is 0 Å². The number of alkyl halides is 3. The molecule has 0 aliphatic heterocycles. The van der Waals surface area contributed by atoms with Crippen LogP contribution in [0.25, 0.3) is 16.6 Å². The number of hydrogen-bond acceptors (Lipinski definition) is 4. The number of pyridine rings is 1. The number of carbonyl (C=O) groups is 1. The summed E-state index contributed by atoms with van der Waals surface area (Å²) in [4.78, 5) is 37.4. The number of aromatic amines is 1. The van der Waals surface area contributed by atoms with Gasteiger partial charge in [0, 0.05) is 12.1 Å². The smallest absolute Gasteiger partial charge is 0.416 e. The Morgan fingerprint density at radius 1 is 0.977 bits per heavy atom. The molecule has 10 heteroatoms. The molecule has 1 unspecified atom stereocenters. The van der Waals surface area contributed by atoms with Gasteiger partial charge in [-0.1, -0.05) is 30.3 Å². The van der Waals surface area contributed by atoms with Gasteiger partial charge in [-0.05, 0) is 67.9 Å². The lowest BCUT2D eigenvalue weighted by Crippen LogP contribution is -2.39. The van der Waals surface area contributed by atoms with Crippen LogP contribution in [0.5, 0.6) is 5.75 Å². The molecule has 1 N–H and O–H groups in total. The van der Waals surface area contributed by atoms with E-state index < -0.39 is 17.8 Å². The Kier molecular flexibility index (Phi) is 8.56. The number of H-pyrrole nitrogens is 1. The highest BCUT2D eigenvalue weighted by Crippen LogP contribution is 2.30. The Morgan fingerprint density at radius 3 is 2.33 bits per heavy atom. The molecule has 0 radical (unpaired) electrons. The number of amides is 1. The Bertz CT molecular complexity index is 1770. The lowest BCUT2D eigenvalue weighted by atomic mass is 10.1. The number of nitrogens with zero attached hydrogens (tertiary/aromatic N) is 3. The first-order chi connectivity index (χ1) is 20.7. The number of fused-ring (bicyclic) bond motifs is 1. The Labute approximate surface area is 246 Å². The molecular weight excluding hydrogens is 557 g/mol. The topological polar surface area (TPSA) is 78.6 Å². The van der Waals surface area contributed by atoms with Gasteiger partial charge in [-0.25, -0.2) is 9.97 Å². The molecule has 0 saturated heterocycles. The number of halogens is 3. The van der Waals surface area contributed by atoms with Gasteiger partial charge in [0.15, 0.2) is 11.9 Å². The van der Waals surface area contributed by atoms with Crippen molar-refractivity contribution in [1.29, 1.82) is 0 Å². The van der Waals surface area contributed by atoms with Crippen LogP contribution in [0.15, 0.2) is 102 Å². The lowest BCUT2D eigenvalue weighted by Gasteiger charge is -2.29. The fourth-order valence-corrected chi connectivity index (χ4v) is 4.92. The van der Waals surface area contributed by atoms with Crippen LogP contribution in [0.4, 0.5) is 13.2 Å². The number of ether oxygens (including phenoxy) is 1. The number of carbonyl (C=O) groups excluding carboxylic acids is 1. The molecule has 43 heavy (non-hydrogen) atoms. The van der Waals surface area contributed by atoms with Crippen LogP contribution in [-0.4, -0.2) is 27.0 Å². The van der Waals surface area contributed by atoms with Crippen molar-refractivity contribution in [3.63, 3.8) is 0 Å². The summed E-state index contributed by atoms with van der Waals surface area (Å²) in [5.41, 5.74) is 1.12. The third-order valence-corrected chi connectivity index (χ3v) is 7.12. The molecular formula is C33H30F3N4O3+. The summed E-state index contributed by atoms with van der Waals surface area (Å²) in [6, 6.07) is 23.4. The minimum Gasteiger partial charge on any atom is -0.494 e. The molecule has 0 spiro atoms. The van der Waals surface area contributed by atoms with Crippen molar-refractivity contribution >= 4 is 16.8 Å². The average molecular weight is 588 g/mol. The Morgan fingerprint density at radius 2 is 1.67 bits per heavy atom. The van der Waals surface area contributed by atoms with Crippen molar-refractivity contribution in [3.8, 4) is 11.4 Å². The quantitative estimate of drug-likeness (QED) is 0.214. The molecule has 220 valence electrons. The zero-order valence-electron chi connectivity index (χ0n) is 23.6. The molecule has 0 aliphatic rings. The molecule has 3 aromatic carbocycles. The predicted molar refractivity (Wildman–Crippen MR) is 156 cm³/mol. The summed E-state index contributed by atoms with van der Waals surface area (Å²) in [7, 11) is 0. The summed E-state index contributed by atoms with van der Waals surface area (Å²) in [6.45, 7) is 4.31. The van der Waals surface area contributed by atoms with E-state index in [1.165, 1.54) is 16.7 Å². The van der Waals surface area contributed by atoms with E-state index in [-0.39, 0.29) is 24.4 Å². The van der Waals surface area contributed by atoms with Crippen molar-refractivity contribution in [1.82, 2.24) is 14.5 Å². The molecule has 0 saturated carbocycles. The highest BCUT2D eigenvalue weighted by molar-refractivity contribution is 5.80. The molecule has 1 atom stereocenters. The molecule has 0 bridgehead atoms. The highest BCUT2D eigenvalue weighted by atomic mass is 19.4. The van der Waals surface area contributed by atoms with E-state index in [2.05, 4.69) is 4.98 Å². The number of hydrogen-bond donors (Lipinski definition) is 0. The van der Waals surface area contributed by atoms with Crippen LogP contribution in [0.2, 0.25) is 0 Å². The number of nitrogens with one attached hydrogen (secondary N) is 1. The first-order valence-corrected chi connectivity index (χ1v) is 13.8. The minimum atomic E-state index is -4.47. The standard InChI is InChI=1S/C33H29F3N4O3/c1-3-43-27-17-15-26(16-18-27)40-31(38-29-10-5-4-9-28(29)32(40)42)22(2)39(21-25-8-6-7-19-37-25)30(41)20-23-11-13-24(14-12-23)33(34,35)36/h4-19,22H,3,20-21H2,1-2H3/p+1. The van der Waals surface area contributed by atoms with Gasteiger partial charge in [0.2, 0.25) is 5.91 Å². The van der Waals surface area contributed by atoms with Crippen LogP contribution >= 0.6 is 0 Å². The second-order valence-electron chi connectivity index (χ2n) is 10.0. The number of para-hydroxylation sites is 1. The van der Waals surface area contributed by atoms with Crippen molar-refractivity contribution < 1.29 is 27.7 Å². The number of rotatable bonds is 9. The molecule has 0 aliphatic carbocycles. The summed E-state index contributed by atoms with van der Waals surface area (Å²) in [5.74, 6) is 0.644. The lowest BCUT2D eigenvalue weighted by molar-refractivity contribution is -0.392.